The van der Waals surface area contributed by atoms with Crippen molar-refractivity contribution in [3.05, 3.63) is 58.8 Å². The van der Waals surface area contributed by atoms with Crippen LogP contribution in [-0.4, -0.2) is 48.4 Å². The molecule has 0 saturated heterocycles. The summed E-state index contributed by atoms with van der Waals surface area (Å²) in [6.45, 7) is 10.8. The zero-order valence-electron chi connectivity index (χ0n) is 18.1. The lowest BCUT2D eigenvalue weighted by atomic mass is 10.2. The van der Waals surface area contributed by atoms with E-state index in [0.29, 0.717) is 36.3 Å². The van der Waals surface area contributed by atoms with E-state index in [1.165, 1.54) is 14.0 Å². The molecule has 0 spiro atoms. The molecule has 31 heavy (non-hydrogen) atoms. The Morgan fingerprint density at radius 2 is 2.00 bits per heavy atom. The van der Waals surface area contributed by atoms with Crippen LogP contribution in [0.5, 0.6) is 5.75 Å². The summed E-state index contributed by atoms with van der Waals surface area (Å²) in [5, 5.41) is 11.3. The van der Waals surface area contributed by atoms with E-state index < -0.39 is 17.9 Å². The van der Waals surface area contributed by atoms with Crippen molar-refractivity contribution >= 4 is 29.3 Å². The largest absolute Gasteiger partial charge is 0.489 e. The van der Waals surface area contributed by atoms with Crippen LogP contribution in [0.25, 0.3) is 0 Å². The second-order valence-electron chi connectivity index (χ2n) is 7.01. The fourth-order valence-electron chi connectivity index (χ4n) is 2.70. The van der Waals surface area contributed by atoms with Crippen LogP contribution in [0, 0.1) is 0 Å². The summed E-state index contributed by atoms with van der Waals surface area (Å²) in [5.41, 5.74) is 1.91. The normalized spacial score (nSPS) is 11.4. The number of hydrogen-bond acceptors (Lipinski definition) is 7. The lowest BCUT2D eigenvalue weighted by Crippen LogP contribution is -2.39. The van der Waals surface area contributed by atoms with Crippen molar-refractivity contribution in [3.63, 3.8) is 0 Å². The highest BCUT2D eigenvalue weighted by molar-refractivity contribution is 6.30. The third-order valence-corrected chi connectivity index (χ3v) is 4.58. The highest BCUT2D eigenvalue weighted by Gasteiger charge is 2.19. The van der Waals surface area contributed by atoms with E-state index in [2.05, 4.69) is 26.8 Å². The summed E-state index contributed by atoms with van der Waals surface area (Å²) >= 11 is 6.19. The predicted molar refractivity (Wildman–Crippen MR) is 119 cm³/mol. The van der Waals surface area contributed by atoms with Crippen LogP contribution in [-0.2, 0) is 16.1 Å². The van der Waals surface area contributed by atoms with Crippen LogP contribution in [0.4, 0.5) is 5.82 Å². The van der Waals surface area contributed by atoms with Crippen LogP contribution in [0.2, 0.25) is 5.02 Å². The van der Waals surface area contributed by atoms with Gasteiger partial charge in [-0.05, 0) is 56.7 Å². The highest BCUT2D eigenvalue weighted by atomic mass is 35.5. The molecule has 1 heterocycles. The minimum atomic E-state index is -0.786. The van der Waals surface area contributed by atoms with Gasteiger partial charge in [-0.1, -0.05) is 18.2 Å². The van der Waals surface area contributed by atoms with Gasteiger partial charge in [0.2, 0.25) is 0 Å². The second kappa shape index (κ2) is 11.3. The first kappa shape index (κ1) is 24.1. The van der Waals surface area contributed by atoms with Crippen LogP contribution < -0.4 is 15.0 Å². The van der Waals surface area contributed by atoms with Crippen molar-refractivity contribution in [2.24, 2.45) is 0 Å². The van der Waals surface area contributed by atoms with Gasteiger partial charge < -0.3 is 19.7 Å². The maximum atomic E-state index is 12.3. The molecule has 166 valence electrons. The zero-order valence-corrected chi connectivity index (χ0v) is 18.9. The molecule has 0 fully saturated rings. The second-order valence-corrected chi connectivity index (χ2v) is 7.44. The number of carbonyl (C=O) groups excluding carboxylic acids is 2. The molecule has 0 aliphatic carbocycles. The summed E-state index contributed by atoms with van der Waals surface area (Å²) in [5.74, 6) is 0.254. The molecule has 1 atom stereocenters. The van der Waals surface area contributed by atoms with Crippen molar-refractivity contribution in [1.82, 2.24) is 15.5 Å². The molecule has 1 N–H and O–H groups in total. The minimum absolute atomic E-state index is 0.101. The fraction of sp³-hybridized carbons (Fsp3) is 0.364. The van der Waals surface area contributed by atoms with Crippen LogP contribution in [0.15, 0.2) is 42.5 Å². The van der Waals surface area contributed by atoms with Crippen LogP contribution in [0.3, 0.4) is 0 Å². The molecule has 2 rings (SSSR count). The maximum Gasteiger partial charge on any atom is 0.328 e. The number of hydrogen-bond donors (Lipinski definition) is 1. The van der Waals surface area contributed by atoms with Crippen LogP contribution >= 0.6 is 11.6 Å². The van der Waals surface area contributed by atoms with Gasteiger partial charge in [0, 0.05) is 23.7 Å². The predicted octanol–water partition coefficient (Wildman–Crippen LogP) is 3.40. The van der Waals surface area contributed by atoms with E-state index >= 15 is 0 Å². The van der Waals surface area contributed by atoms with Crippen molar-refractivity contribution < 1.29 is 19.1 Å². The van der Waals surface area contributed by atoms with Gasteiger partial charge in [0.15, 0.2) is 11.5 Å². The number of amides is 1. The average molecular weight is 447 g/mol. The van der Waals surface area contributed by atoms with Gasteiger partial charge in [-0.2, -0.15) is 0 Å². The Kier molecular flexibility index (Phi) is 8.81. The number of benzene rings is 1. The summed E-state index contributed by atoms with van der Waals surface area (Å²) < 4.78 is 10.4. The van der Waals surface area contributed by atoms with E-state index in [-0.39, 0.29) is 5.69 Å². The average Bonchev–Trinajstić information content (AvgIpc) is 2.76. The fourth-order valence-corrected chi connectivity index (χ4v) is 2.89. The molecule has 8 nitrogen and oxygen atoms in total. The molecule has 0 saturated carbocycles. The molecule has 1 amide bonds. The smallest absolute Gasteiger partial charge is 0.328 e. The number of nitrogens with zero attached hydrogens (tertiary/aromatic N) is 3. The van der Waals surface area contributed by atoms with Gasteiger partial charge in [0.05, 0.1) is 7.11 Å². The van der Waals surface area contributed by atoms with E-state index in [1.54, 1.807) is 18.2 Å². The standard InChI is InChI=1S/C22H27ClN4O4/c1-6-27(12-16-11-17(23)7-9-19(16)31-13-14(2)3)20-10-8-18(25-26-20)21(28)24-15(4)22(29)30-5/h7-11,15H,2,6,12-13H2,1,3-5H3,(H,24,28). The maximum absolute atomic E-state index is 12.3. The molecule has 9 heteroatoms. The number of rotatable bonds is 10. The van der Waals surface area contributed by atoms with Gasteiger partial charge in [0.25, 0.3) is 5.91 Å². The minimum Gasteiger partial charge on any atom is -0.489 e. The third kappa shape index (κ3) is 6.96. The molecule has 0 aliphatic rings. The van der Waals surface area contributed by atoms with Crippen LogP contribution in [0.1, 0.15) is 36.8 Å². The van der Waals surface area contributed by atoms with E-state index in [1.807, 2.05) is 30.9 Å². The molecule has 0 aliphatic heterocycles. The molecule has 1 unspecified atom stereocenters. The Labute approximate surface area is 187 Å². The quantitative estimate of drug-likeness (QED) is 0.441. The van der Waals surface area contributed by atoms with Gasteiger partial charge in [-0.3, -0.25) is 4.79 Å². The van der Waals surface area contributed by atoms with Crippen molar-refractivity contribution in [1.29, 1.82) is 0 Å². The Morgan fingerprint density at radius 1 is 1.26 bits per heavy atom. The number of methoxy groups -OCH3 is 1. The number of halogens is 1. The summed E-state index contributed by atoms with van der Waals surface area (Å²) in [6, 6.07) is 7.93. The molecular weight excluding hydrogens is 420 g/mol. The number of ether oxygens (including phenoxy) is 2. The molecular formula is C22H27ClN4O4. The van der Waals surface area contributed by atoms with Crippen molar-refractivity contribution in [3.8, 4) is 5.75 Å². The van der Waals surface area contributed by atoms with Gasteiger partial charge in [-0.15, -0.1) is 10.2 Å². The molecule has 0 radical (unpaired) electrons. The Bertz CT molecular complexity index is 934. The number of aromatic nitrogens is 2. The SMILES string of the molecule is C=C(C)COc1ccc(Cl)cc1CN(CC)c1ccc(C(=O)NC(C)C(=O)OC)nn1. The molecule has 1 aromatic heterocycles. The summed E-state index contributed by atoms with van der Waals surface area (Å²) in [4.78, 5) is 25.7. The first-order valence-corrected chi connectivity index (χ1v) is 10.2. The van der Waals surface area contributed by atoms with Gasteiger partial charge in [0.1, 0.15) is 18.4 Å². The number of anilines is 1. The van der Waals surface area contributed by atoms with E-state index in [9.17, 15) is 9.59 Å². The third-order valence-electron chi connectivity index (χ3n) is 4.35. The molecule has 2 aromatic rings. The van der Waals surface area contributed by atoms with Crippen molar-refractivity contribution in [2.45, 2.75) is 33.4 Å². The number of carbonyl (C=O) groups is 2. The summed E-state index contributed by atoms with van der Waals surface area (Å²) in [6.07, 6.45) is 0. The molecule has 1 aromatic carbocycles. The first-order chi connectivity index (χ1) is 14.7. The van der Waals surface area contributed by atoms with E-state index in [4.69, 9.17) is 16.3 Å². The van der Waals surface area contributed by atoms with Gasteiger partial charge >= 0.3 is 5.97 Å². The van der Waals surface area contributed by atoms with Crippen molar-refractivity contribution in [2.75, 3.05) is 25.2 Å². The lowest BCUT2D eigenvalue weighted by molar-refractivity contribution is -0.142. The first-order valence-electron chi connectivity index (χ1n) is 9.78. The van der Waals surface area contributed by atoms with E-state index in [0.717, 1.165) is 11.1 Å². The summed E-state index contributed by atoms with van der Waals surface area (Å²) in [7, 11) is 1.26. The number of nitrogens with one attached hydrogen (secondary N) is 1. The Morgan fingerprint density at radius 3 is 2.58 bits per heavy atom. The lowest BCUT2D eigenvalue weighted by Gasteiger charge is -2.23. The Balaban J connectivity index is 2.15. The molecule has 0 bridgehead atoms. The monoisotopic (exact) mass is 446 g/mol. The number of esters is 1. The zero-order chi connectivity index (χ0) is 23.0. The highest BCUT2D eigenvalue weighted by Crippen LogP contribution is 2.26. The Hall–Kier alpha value is -3.13. The topological polar surface area (TPSA) is 93.7 Å². The van der Waals surface area contributed by atoms with Gasteiger partial charge in [-0.25, -0.2) is 4.79 Å².